The van der Waals surface area contributed by atoms with Gasteiger partial charge in [-0.2, -0.15) is 13.2 Å². The largest absolute Gasteiger partial charge is 0.416 e. The van der Waals surface area contributed by atoms with Crippen molar-refractivity contribution < 1.29 is 13.2 Å². The van der Waals surface area contributed by atoms with Crippen LogP contribution >= 0.6 is 0 Å². The van der Waals surface area contributed by atoms with Gasteiger partial charge in [0, 0.05) is 5.69 Å². The first-order valence-electron chi connectivity index (χ1n) is 5.36. The van der Waals surface area contributed by atoms with Crippen molar-refractivity contribution >= 4 is 5.69 Å². The third-order valence-electron chi connectivity index (χ3n) is 2.19. The minimum absolute atomic E-state index is 0.505. The molecule has 1 aromatic rings. The van der Waals surface area contributed by atoms with Crippen LogP contribution in [-0.2, 0) is 6.18 Å². The Morgan fingerprint density at radius 2 is 1.76 bits per heavy atom. The predicted molar refractivity (Wildman–Crippen MR) is 61.6 cm³/mol. The Bertz CT molecular complexity index is 322. The second-order valence-corrected chi connectivity index (χ2v) is 3.57. The van der Waals surface area contributed by atoms with E-state index >= 15 is 0 Å². The fourth-order valence-corrected chi connectivity index (χ4v) is 1.26. The second-order valence-electron chi connectivity index (χ2n) is 3.57. The summed E-state index contributed by atoms with van der Waals surface area (Å²) in [5, 5.41) is 6.03. The molecular formula is C11H16F3N3. The van der Waals surface area contributed by atoms with Crippen LogP contribution in [0.1, 0.15) is 12.0 Å². The number of halogens is 3. The van der Waals surface area contributed by atoms with Crippen molar-refractivity contribution in [1.29, 1.82) is 0 Å². The number of anilines is 1. The van der Waals surface area contributed by atoms with Gasteiger partial charge in [0.1, 0.15) is 0 Å². The van der Waals surface area contributed by atoms with E-state index in [2.05, 4.69) is 10.6 Å². The summed E-state index contributed by atoms with van der Waals surface area (Å²) >= 11 is 0. The SMILES string of the molecule is NCCCNCNc1ccc(C(F)(F)F)cc1. The number of nitrogens with one attached hydrogen (secondary N) is 2. The molecule has 3 nitrogen and oxygen atoms in total. The monoisotopic (exact) mass is 247 g/mol. The maximum atomic E-state index is 12.3. The third kappa shape index (κ3) is 5.06. The molecule has 0 fully saturated rings. The van der Waals surface area contributed by atoms with Gasteiger partial charge in [0.05, 0.1) is 12.2 Å². The second kappa shape index (κ2) is 6.46. The van der Waals surface area contributed by atoms with Crippen molar-refractivity contribution in [1.82, 2.24) is 5.32 Å². The number of nitrogens with two attached hydrogens (primary N) is 1. The maximum Gasteiger partial charge on any atom is 0.416 e. The minimum Gasteiger partial charge on any atom is -0.372 e. The van der Waals surface area contributed by atoms with Crippen molar-refractivity contribution in [2.24, 2.45) is 5.73 Å². The highest BCUT2D eigenvalue weighted by atomic mass is 19.4. The van der Waals surface area contributed by atoms with Gasteiger partial charge in [-0.05, 0) is 43.8 Å². The Hall–Kier alpha value is -1.27. The summed E-state index contributed by atoms with van der Waals surface area (Å²) < 4.78 is 36.8. The molecule has 6 heteroatoms. The molecule has 0 aliphatic carbocycles. The van der Waals surface area contributed by atoms with Gasteiger partial charge < -0.3 is 16.4 Å². The molecule has 0 heterocycles. The zero-order chi connectivity index (χ0) is 12.7. The highest BCUT2D eigenvalue weighted by Gasteiger charge is 2.29. The van der Waals surface area contributed by atoms with E-state index in [0.717, 1.165) is 25.1 Å². The summed E-state index contributed by atoms with van der Waals surface area (Å²) in [6.45, 7) is 1.91. The van der Waals surface area contributed by atoms with Gasteiger partial charge in [-0.25, -0.2) is 0 Å². The molecule has 0 bridgehead atoms. The van der Waals surface area contributed by atoms with Crippen LogP contribution in [0.3, 0.4) is 0 Å². The number of alkyl halides is 3. The molecule has 1 aromatic carbocycles. The zero-order valence-electron chi connectivity index (χ0n) is 9.35. The normalized spacial score (nSPS) is 11.5. The van der Waals surface area contributed by atoms with Crippen LogP contribution in [-0.4, -0.2) is 19.8 Å². The van der Waals surface area contributed by atoms with E-state index < -0.39 is 11.7 Å². The molecule has 0 saturated heterocycles. The summed E-state index contributed by atoms with van der Waals surface area (Å²) in [6, 6.07) is 4.94. The van der Waals surface area contributed by atoms with E-state index in [4.69, 9.17) is 5.73 Å². The Morgan fingerprint density at radius 1 is 1.12 bits per heavy atom. The molecule has 0 aliphatic rings. The van der Waals surface area contributed by atoms with E-state index in [1.54, 1.807) is 0 Å². The van der Waals surface area contributed by atoms with Crippen LogP contribution < -0.4 is 16.4 Å². The summed E-state index contributed by atoms with van der Waals surface area (Å²) in [5.41, 5.74) is 5.32. The van der Waals surface area contributed by atoms with Crippen LogP contribution in [0.25, 0.3) is 0 Å². The molecule has 0 saturated carbocycles. The number of hydrogen-bond acceptors (Lipinski definition) is 3. The molecule has 0 spiro atoms. The quantitative estimate of drug-likeness (QED) is 0.532. The number of hydrogen-bond donors (Lipinski definition) is 3. The van der Waals surface area contributed by atoms with Gasteiger partial charge in [0.2, 0.25) is 0 Å². The average Bonchev–Trinajstić information content (AvgIpc) is 2.28. The molecule has 0 unspecified atom stereocenters. The maximum absolute atomic E-state index is 12.3. The molecule has 0 atom stereocenters. The van der Waals surface area contributed by atoms with E-state index in [1.165, 1.54) is 12.1 Å². The average molecular weight is 247 g/mol. The molecule has 1 rings (SSSR count). The fourth-order valence-electron chi connectivity index (χ4n) is 1.26. The lowest BCUT2D eigenvalue weighted by Gasteiger charge is -2.10. The standard InChI is InChI=1S/C11H16F3N3/c12-11(13,14)9-2-4-10(5-3-9)17-8-16-7-1-6-15/h2-5,16-17H,1,6-8,15H2. The predicted octanol–water partition coefficient (Wildman–Crippen LogP) is 2.01. The first kappa shape index (κ1) is 13.8. The lowest BCUT2D eigenvalue weighted by Crippen LogP contribution is -2.24. The van der Waals surface area contributed by atoms with Gasteiger partial charge in [0.25, 0.3) is 0 Å². The fraction of sp³-hybridized carbons (Fsp3) is 0.455. The number of rotatable bonds is 6. The van der Waals surface area contributed by atoms with Gasteiger partial charge in [0.15, 0.2) is 0 Å². The van der Waals surface area contributed by atoms with Crippen molar-refractivity contribution in [3.63, 3.8) is 0 Å². The van der Waals surface area contributed by atoms with Crippen molar-refractivity contribution in [2.75, 3.05) is 25.1 Å². The van der Waals surface area contributed by atoms with Crippen LogP contribution in [0.2, 0.25) is 0 Å². The van der Waals surface area contributed by atoms with Crippen molar-refractivity contribution in [2.45, 2.75) is 12.6 Å². The number of benzene rings is 1. The smallest absolute Gasteiger partial charge is 0.372 e. The van der Waals surface area contributed by atoms with Crippen LogP contribution in [0.4, 0.5) is 18.9 Å². The molecule has 17 heavy (non-hydrogen) atoms. The van der Waals surface area contributed by atoms with Gasteiger partial charge >= 0.3 is 6.18 Å². The Balaban J connectivity index is 2.36. The van der Waals surface area contributed by atoms with Gasteiger partial charge in [-0.1, -0.05) is 0 Å². The summed E-state index contributed by atoms with van der Waals surface area (Å²) in [6.07, 6.45) is -3.41. The summed E-state index contributed by atoms with van der Waals surface area (Å²) in [5.74, 6) is 0. The van der Waals surface area contributed by atoms with Crippen molar-refractivity contribution in [3.8, 4) is 0 Å². The molecule has 96 valence electrons. The topological polar surface area (TPSA) is 50.1 Å². The molecular weight excluding hydrogens is 231 g/mol. The van der Waals surface area contributed by atoms with Crippen LogP contribution in [0.15, 0.2) is 24.3 Å². The molecule has 0 aromatic heterocycles. The van der Waals surface area contributed by atoms with E-state index in [9.17, 15) is 13.2 Å². The first-order chi connectivity index (χ1) is 8.04. The van der Waals surface area contributed by atoms with Crippen molar-refractivity contribution in [3.05, 3.63) is 29.8 Å². The van der Waals surface area contributed by atoms with Crippen LogP contribution in [0, 0.1) is 0 Å². The molecule has 0 amide bonds. The molecule has 0 aliphatic heterocycles. The Kier molecular flexibility index (Phi) is 5.24. The van der Waals surface area contributed by atoms with E-state index in [1.807, 2.05) is 0 Å². The minimum atomic E-state index is -4.28. The molecule has 4 N–H and O–H groups in total. The van der Waals surface area contributed by atoms with E-state index in [-0.39, 0.29) is 0 Å². The first-order valence-corrected chi connectivity index (χ1v) is 5.36. The highest BCUT2D eigenvalue weighted by molar-refractivity contribution is 5.44. The lowest BCUT2D eigenvalue weighted by molar-refractivity contribution is -0.137. The summed E-state index contributed by atoms with van der Waals surface area (Å²) in [4.78, 5) is 0. The third-order valence-corrected chi connectivity index (χ3v) is 2.19. The summed E-state index contributed by atoms with van der Waals surface area (Å²) in [7, 11) is 0. The lowest BCUT2D eigenvalue weighted by atomic mass is 10.2. The Labute approximate surface area is 98.2 Å². The van der Waals surface area contributed by atoms with Crippen LogP contribution in [0.5, 0.6) is 0 Å². The molecule has 0 radical (unpaired) electrons. The van der Waals surface area contributed by atoms with Gasteiger partial charge in [-0.3, -0.25) is 0 Å². The van der Waals surface area contributed by atoms with Gasteiger partial charge in [-0.15, -0.1) is 0 Å². The highest BCUT2D eigenvalue weighted by Crippen LogP contribution is 2.29. The zero-order valence-corrected chi connectivity index (χ0v) is 9.35. The van der Waals surface area contributed by atoms with E-state index in [0.29, 0.717) is 18.9 Å². The Morgan fingerprint density at radius 3 is 2.29 bits per heavy atom.